The number of halogens is 5. The number of benzene rings is 3. The van der Waals surface area contributed by atoms with Gasteiger partial charge in [0.05, 0.1) is 18.4 Å². The van der Waals surface area contributed by atoms with Crippen molar-refractivity contribution in [2.45, 2.75) is 19.0 Å². The lowest BCUT2D eigenvalue weighted by molar-refractivity contribution is -0.138. The van der Waals surface area contributed by atoms with Crippen LogP contribution < -0.4 is 5.32 Å². The normalized spacial score (nSPS) is 11.0. The third kappa shape index (κ3) is 9.19. The topological polar surface area (TPSA) is 66.4 Å². The van der Waals surface area contributed by atoms with E-state index in [-0.39, 0.29) is 24.4 Å². The molecule has 0 bridgehead atoms. The van der Waals surface area contributed by atoms with Crippen molar-refractivity contribution < 1.29 is 27.9 Å². The second-order valence-electron chi connectivity index (χ2n) is 8.92. The summed E-state index contributed by atoms with van der Waals surface area (Å²) in [6.45, 7) is 0. The van der Waals surface area contributed by atoms with Crippen LogP contribution in [0.4, 0.5) is 18.9 Å². The van der Waals surface area contributed by atoms with Crippen LogP contribution in [0.1, 0.15) is 15.3 Å². The van der Waals surface area contributed by atoms with Crippen molar-refractivity contribution in [3.05, 3.63) is 122 Å². The van der Waals surface area contributed by atoms with Gasteiger partial charge in [0, 0.05) is 35.2 Å². The standard InChI is InChI=1S/C19H13ClF3NOS.C12H9ClO2S/c20-14-6-4-12(5-7-14)17-9-8-16(26-17)11-18(25)24-15-3-1-2-13(10-15)19(21,22)23;13-9-3-1-8(2-4-9)11-6-5-10(16-11)7-12(14)15/h1-10H,11H2,(H,24,25);1-6H,7H2,(H,14,15). The highest BCUT2D eigenvalue weighted by Crippen LogP contribution is 2.32. The predicted octanol–water partition coefficient (Wildman–Crippen LogP) is 9.96. The van der Waals surface area contributed by atoms with Crippen molar-refractivity contribution in [2.24, 2.45) is 0 Å². The smallest absolute Gasteiger partial charge is 0.416 e. The van der Waals surface area contributed by atoms with Crippen LogP contribution in [0, 0.1) is 0 Å². The molecule has 0 aliphatic rings. The number of carbonyl (C=O) groups excluding carboxylic acids is 1. The Morgan fingerprint density at radius 1 is 0.714 bits per heavy atom. The molecule has 5 rings (SSSR count). The Balaban J connectivity index is 0.000000216. The van der Waals surface area contributed by atoms with Crippen LogP contribution >= 0.6 is 45.9 Å². The fourth-order valence-corrected chi connectivity index (χ4v) is 6.04. The molecule has 3 aromatic carbocycles. The predicted molar refractivity (Wildman–Crippen MR) is 165 cm³/mol. The van der Waals surface area contributed by atoms with Gasteiger partial charge in [0.1, 0.15) is 0 Å². The van der Waals surface area contributed by atoms with E-state index in [1.807, 2.05) is 60.7 Å². The first kappa shape index (κ1) is 31.3. The third-order valence-electron chi connectivity index (χ3n) is 5.71. The highest BCUT2D eigenvalue weighted by atomic mass is 35.5. The minimum absolute atomic E-state index is 0.0816. The van der Waals surface area contributed by atoms with Crippen molar-refractivity contribution >= 4 is 63.4 Å². The van der Waals surface area contributed by atoms with Crippen LogP contribution in [0.15, 0.2) is 97.1 Å². The highest BCUT2D eigenvalue weighted by molar-refractivity contribution is 7.15. The molecule has 0 aliphatic carbocycles. The molecule has 2 aromatic heterocycles. The molecule has 216 valence electrons. The minimum Gasteiger partial charge on any atom is -0.481 e. The number of carbonyl (C=O) groups is 2. The van der Waals surface area contributed by atoms with Crippen molar-refractivity contribution in [3.63, 3.8) is 0 Å². The summed E-state index contributed by atoms with van der Waals surface area (Å²) in [5.41, 5.74) is 1.38. The van der Waals surface area contributed by atoms with Gasteiger partial charge >= 0.3 is 12.1 Å². The molecule has 0 spiro atoms. The molecular weight excluding hydrogens is 626 g/mol. The Hall–Kier alpha value is -3.63. The summed E-state index contributed by atoms with van der Waals surface area (Å²) in [4.78, 5) is 26.4. The maximum atomic E-state index is 12.7. The number of nitrogens with one attached hydrogen (secondary N) is 1. The number of hydrogen-bond acceptors (Lipinski definition) is 4. The maximum Gasteiger partial charge on any atom is 0.416 e. The second kappa shape index (κ2) is 14.0. The monoisotopic (exact) mass is 647 g/mol. The van der Waals surface area contributed by atoms with E-state index in [1.165, 1.54) is 34.8 Å². The van der Waals surface area contributed by atoms with E-state index in [9.17, 15) is 22.8 Å². The van der Waals surface area contributed by atoms with Crippen molar-refractivity contribution in [1.29, 1.82) is 0 Å². The summed E-state index contributed by atoms with van der Waals surface area (Å²) in [6.07, 6.45) is -4.27. The molecule has 0 fully saturated rings. The summed E-state index contributed by atoms with van der Waals surface area (Å²) in [5.74, 6) is -1.17. The number of carboxylic acids is 1. The van der Waals surface area contributed by atoms with E-state index in [0.717, 1.165) is 42.8 Å². The largest absolute Gasteiger partial charge is 0.481 e. The molecule has 1 amide bonds. The first-order chi connectivity index (χ1) is 20.0. The molecule has 2 heterocycles. The molecule has 0 atom stereocenters. The van der Waals surface area contributed by atoms with Gasteiger partial charge in [-0.05, 0) is 77.9 Å². The Bertz CT molecular complexity index is 1660. The zero-order valence-electron chi connectivity index (χ0n) is 21.6. The van der Waals surface area contributed by atoms with Crippen molar-refractivity contribution in [1.82, 2.24) is 0 Å². The molecule has 11 heteroatoms. The van der Waals surface area contributed by atoms with Crippen LogP contribution in [-0.4, -0.2) is 17.0 Å². The molecule has 4 nitrogen and oxygen atoms in total. The number of carboxylic acid groups (broad SMARTS) is 1. The van der Waals surface area contributed by atoms with E-state index < -0.39 is 17.7 Å². The molecular formula is C31H22Cl2F3NO3S2. The highest BCUT2D eigenvalue weighted by Gasteiger charge is 2.30. The summed E-state index contributed by atoms with van der Waals surface area (Å²) < 4.78 is 38.2. The van der Waals surface area contributed by atoms with Gasteiger partial charge in [-0.1, -0.05) is 53.5 Å². The number of rotatable bonds is 7. The summed E-state index contributed by atoms with van der Waals surface area (Å²) in [7, 11) is 0. The molecule has 42 heavy (non-hydrogen) atoms. The SMILES string of the molecule is O=C(Cc1ccc(-c2ccc(Cl)cc2)s1)Nc1cccc(C(F)(F)F)c1.O=C(O)Cc1ccc(-c2ccc(Cl)cc2)s1. The summed E-state index contributed by atoms with van der Waals surface area (Å²) in [5, 5.41) is 12.5. The number of alkyl halides is 3. The lowest BCUT2D eigenvalue weighted by Gasteiger charge is -2.09. The quantitative estimate of drug-likeness (QED) is 0.185. The lowest BCUT2D eigenvalue weighted by Crippen LogP contribution is -2.14. The minimum atomic E-state index is -4.44. The van der Waals surface area contributed by atoms with Crippen molar-refractivity contribution in [3.8, 4) is 20.9 Å². The van der Waals surface area contributed by atoms with E-state index in [1.54, 1.807) is 12.1 Å². The molecule has 5 aromatic rings. The van der Waals surface area contributed by atoms with E-state index >= 15 is 0 Å². The van der Waals surface area contributed by atoms with E-state index in [2.05, 4.69) is 5.32 Å². The fraction of sp³-hybridized carbons (Fsp3) is 0.0968. The Morgan fingerprint density at radius 2 is 1.21 bits per heavy atom. The summed E-state index contributed by atoms with van der Waals surface area (Å²) >= 11 is 14.6. The number of hydrogen-bond donors (Lipinski definition) is 2. The van der Waals surface area contributed by atoms with Gasteiger partial charge in [-0.15, -0.1) is 22.7 Å². The Kier molecular flexibility index (Phi) is 10.5. The van der Waals surface area contributed by atoms with Crippen LogP contribution in [-0.2, 0) is 28.6 Å². The molecule has 0 saturated heterocycles. The van der Waals surface area contributed by atoms with Gasteiger partial charge < -0.3 is 10.4 Å². The first-order valence-corrected chi connectivity index (χ1v) is 14.7. The average molecular weight is 649 g/mol. The second-order valence-corrected chi connectivity index (χ2v) is 12.1. The van der Waals surface area contributed by atoms with E-state index in [0.29, 0.717) is 10.0 Å². The van der Waals surface area contributed by atoms with Crippen LogP contribution in [0.3, 0.4) is 0 Å². The zero-order chi connectivity index (χ0) is 30.3. The van der Waals surface area contributed by atoms with Crippen LogP contribution in [0.2, 0.25) is 10.0 Å². The first-order valence-electron chi connectivity index (χ1n) is 12.3. The fourth-order valence-electron chi connectivity index (χ4n) is 3.77. The van der Waals surface area contributed by atoms with E-state index in [4.69, 9.17) is 28.3 Å². The number of aliphatic carboxylic acids is 1. The zero-order valence-corrected chi connectivity index (χ0v) is 24.8. The van der Waals surface area contributed by atoms with Gasteiger partial charge in [-0.25, -0.2) is 0 Å². The number of thiophene rings is 2. The van der Waals surface area contributed by atoms with Gasteiger partial charge in [0.2, 0.25) is 5.91 Å². The number of anilines is 1. The third-order valence-corrected chi connectivity index (χ3v) is 8.49. The average Bonchev–Trinajstić information content (AvgIpc) is 3.59. The summed E-state index contributed by atoms with van der Waals surface area (Å²) in [6, 6.07) is 27.0. The van der Waals surface area contributed by atoms with Crippen LogP contribution in [0.5, 0.6) is 0 Å². The van der Waals surface area contributed by atoms with Crippen LogP contribution in [0.25, 0.3) is 20.9 Å². The molecule has 0 radical (unpaired) electrons. The lowest BCUT2D eigenvalue weighted by atomic mass is 10.2. The molecule has 0 saturated carbocycles. The maximum absolute atomic E-state index is 12.7. The number of amides is 1. The van der Waals surface area contributed by atoms with Gasteiger partial charge in [-0.3, -0.25) is 9.59 Å². The Morgan fingerprint density at radius 3 is 1.69 bits per heavy atom. The van der Waals surface area contributed by atoms with Gasteiger partial charge in [-0.2, -0.15) is 13.2 Å². The molecule has 2 N–H and O–H groups in total. The Labute approximate surface area is 258 Å². The van der Waals surface area contributed by atoms with Crippen molar-refractivity contribution in [2.75, 3.05) is 5.32 Å². The molecule has 0 unspecified atom stereocenters. The molecule has 0 aliphatic heterocycles. The van der Waals surface area contributed by atoms with Gasteiger partial charge in [0.15, 0.2) is 0 Å². The van der Waals surface area contributed by atoms with Gasteiger partial charge in [0.25, 0.3) is 0 Å².